The lowest BCUT2D eigenvalue weighted by Crippen LogP contribution is -2.42. The van der Waals surface area contributed by atoms with E-state index in [4.69, 9.17) is 16.3 Å². The molecule has 3 rings (SSSR count). The highest BCUT2D eigenvalue weighted by Gasteiger charge is 2.20. The van der Waals surface area contributed by atoms with Crippen LogP contribution in [0.5, 0.6) is 5.75 Å². The van der Waals surface area contributed by atoms with Crippen LogP contribution in [0.4, 0.5) is 4.79 Å². The summed E-state index contributed by atoms with van der Waals surface area (Å²) in [4.78, 5) is 15.3. The van der Waals surface area contributed by atoms with Crippen molar-refractivity contribution < 1.29 is 9.53 Å². The van der Waals surface area contributed by atoms with Gasteiger partial charge in [-0.2, -0.15) is 0 Å². The molecule has 4 nitrogen and oxygen atoms in total. The molecule has 25 heavy (non-hydrogen) atoms. The molecule has 6 heteroatoms. The van der Waals surface area contributed by atoms with Gasteiger partial charge in [0.25, 0.3) is 0 Å². The Morgan fingerprint density at radius 3 is 2.60 bits per heavy atom. The van der Waals surface area contributed by atoms with Crippen molar-refractivity contribution in [1.29, 1.82) is 0 Å². The Hall–Kier alpha value is -1.98. The van der Waals surface area contributed by atoms with Crippen molar-refractivity contribution in [3.63, 3.8) is 0 Å². The third-order valence-electron chi connectivity index (χ3n) is 4.32. The van der Waals surface area contributed by atoms with E-state index in [-0.39, 0.29) is 12.1 Å². The van der Waals surface area contributed by atoms with Gasteiger partial charge in [0, 0.05) is 18.0 Å². The number of hydrogen-bond donors (Lipinski definition) is 1. The number of nitrogens with zero attached hydrogens (tertiary/aromatic N) is 1. The molecule has 1 N–H and O–H groups in total. The van der Waals surface area contributed by atoms with Crippen LogP contribution >= 0.6 is 22.9 Å². The average Bonchev–Trinajstić information content (AvgIpc) is 3.08. The van der Waals surface area contributed by atoms with Gasteiger partial charge >= 0.3 is 6.03 Å². The standard InChI is InChI=1S/C19H21ClN2O2S/c1-13(17-7-8-18(20)25-17)21-19(23)22-11-9-15(10-12-22)14-3-5-16(24-2)6-4-14/h3-9,13H,10-12H2,1-2H3,(H,21,23)/t13-/m1/s1. The van der Waals surface area contributed by atoms with E-state index in [0.717, 1.165) is 21.4 Å². The summed E-state index contributed by atoms with van der Waals surface area (Å²) < 4.78 is 5.93. The highest BCUT2D eigenvalue weighted by molar-refractivity contribution is 7.16. The van der Waals surface area contributed by atoms with Crippen LogP contribution in [0, 0.1) is 0 Å². The van der Waals surface area contributed by atoms with E-state index in [1.807, 2.05) is 36.1 Å². The summed E-state index contributed by atoms with van der Waals surface area (Å²) >= 11 is 7.46. The maximum atomic E-state index is 12.5. The number of nitrogens with one attached hydrogen (secondary N) is 1. The average molecular weight is 377 g/mol. The third-order valence-corrected chi connectivity index (χ3v) is 5.73. The Labute approximate surface area is 157 Å². The summed E-state index contributed by atoms with van der Waals surface area (Å²) in [6, 6.07) is 11.8. The Morgan fingerprint density at radius 2 is 2.04 bits per heavy atom. The lowest BCUT2D eigenvalue weighted by atomic mass is 9.99. The minimum atomic E-state index is -0.0445. The van der Waals surface area contributed by atoms with E-state index in [2.05, 4.69) is 23.5 Å². The Kier molecular flexibility index (Phi) is 5.66. The van der Waals surface area contributed by atoms with Gasteiger partial charge in [0.15, 0.2) is 0 Å². The zero-order valence-electron chi connectivity index (χ0n) is 14.3. The monoisotopic (exact) mass is 376 g/mol. The summed E-state index contributed by atoms with van der Waals surface area (Å²) in [5.41, 5.74) is 2.45. The first-order valence-electron chi connectivity index (χ1n) is 8.21. The predicted octanol–water partition coefficient (Wildman–Crippen LogP) is 4.97. The van der Waals surface area contributed by atoms with Crippen molar-refractivity contribution in [3.8, 4) is 5.75 Å². The Morgan fingerprint density at radius 1 is 1.28 bits per heavy atom. The fraction of sp³-hybridized carbons (Fsp3) is 0.316. The van der Waals surface area contributed by atoms with E-state index >= 15 is 0 Å². The first-order chi connectivity index (χ1) is 12.1. The molecule has 0 bridgehead atoms. The number of amides is 2. The van der Waals surface area contributed by atoms with Crippen LogP contribution in [0.15, 0.2) is 42.5 Å². The van der Waals surface area contributed by atoms with Crippen molar-refractivity contribution in [2.75, 3.05) is 20.2 Å². The normalized spacial score (nSPS) is 15.5. The second kappa shape index (κ2) is 7.93. The molecule has 0 aliphatic carbocycles. The maximum absolute atomic E-state index is 12.5. The van der Waals surface area contributed by atoms with E-state index in [9.17, 15) is 4.79 Å². The summed E-state index contributed by atoms with van der Waals surface area (Å²) in [5.74, 6) is 0.851. The maximum Gasteiger partial charge on any atom is 0.318 e. The minimum absolute atomic E-state index is 0.0398. The van der Waals surface area contributed by atoms with Gasteiger partial charge in [0.2, 0.25) is 0 Å². The van der Waals surface area contributed by atoms with E-state index < -0.39 is 0 Å². The highest BCUT2D eigenvalue weighted by Crippen LogP contribution is 2.27. The quantitative estimate of drug-likeness (QED) is 0.818. The summed E-state index contributed by atoms with van der Waals surface area (Å²) in [6.45, 7) is 3.30. The van der Waals surface area contributed by atoms with Crippen LogP contribution in [0.25, 0.3) is 5.57 Å². The number of carbonyl (C=O) groups excluding carboxylic acids is 1. The Bertz CT molecular complexity index is 770. The number of thiophene rings is 1. The number of hydrogen-bond acceptors (Lipinski definition) is 3. The number of methoxy groups -OCH3 is 1. The molecule has 0 radical (unpaired) electrons. The number of rotatable bonds is 4. The fourth-order valence-corrected chi connectivity index (χ4v) is 3.89. The molecule has 1 aliphatic rings. The molecule has 0 unspecified atom stereocenters. The van der Waals surface area contributed by atoms with E-state index in [1.165, 1.54) is 22.5 Å². The molecule has 1 aromatic heterocycles. The van der Waals surface area contributed by atoms with Gasteiger partial charge in [-0.25, -0.2) is 4.79 Å². The summed E-state index contributed by atoms with van der Waals surface area (Å²) in [6.07, 6.45) is 2.97. The molecule has 132 valence electrons. The number of halogens is 1. The van der Waals surface area contributed by atoms with Crippen LogP contribution in [0.2, 0.25) is 4.34 Å². The number of urea groups is 1. The third kappa shape index (κ3) is 4.35. The molecule has 1 atom stereocenters. The largest absolute Gasteiger partial charge is 0.497 e. The van der Waals surface area contributed by atoms with Crippen molar-refractivity contribution in [1.82, 2.24) is 10.2 Å². The number of benzene rings is 1. The molecule has 2 amide bonds. The molecule has 2 aromatic rings. The van der Waals surface area contributed by atoms with Gasteiger partial charge < -0.3 is 15.0 Å². The molecular weight excluding hydrogens is 356 g/mol. The zero-order valence-corrected chi connectivity index (χ0v) is 15.9. The Balaban J connectivity index is 1.58. The smallest absolute Gasteiger partial charge is 0.318 e. The summed E-state index contributed by atoms with van der Waals surface area (Å²) in [7, 11) is 1.66. The topological polar surface area (TPSA) is 41.6 Å². The second-order valence-electron chi connectivity index (χ2n) is 5.97. The molecular formula is C19H21ClN2O2S. The van der Waals surface area contributed by atoms with Gasteiger partial charge in [-0.15, -0.1) is 11.3 Å². The van der Waals surface area contributed by atoms with Crippen molar-refractivity contribution >= 4 is 34.5 Å². The number of carbonyl (C=O) groups is 1. The zero-order chi connectivity index (χ0) is 17.8. The van der Waals surface area contributed by atoms with Crippen LogP contribution in [-0.4, -0.2) is 31.1 Å². The molecule has 2 heterocycles. The molecule has 1 aromatic carbocycles. The fourth-order valence-electron chi connectivity index (χ4n) is 2.83. The van der Waals surface area contributed by atoms with Gasteiger partial charge in [0.05, 0.1) is 17.5 Å². The van der Waals surface area contributed by atoms with Crippen LogP contribution in [-0.2, 0) is 0 Å². The van der Waals surface area contributed by atoms with Gasteiger partial charge in [-0.1, -0.05) is 29.8 Å². The molecule has 0 spiro atoms. The molecule has 0 saturated heterocycles. The second-order valence-corrected chi connectivity index (χ2v) is 7.71. The molecule has 0 saturated carbocycles. The first-order valence-corrected chi connectivity index (χ1v) is 9.40. The summed E-state index contributed by atoms with van der Waals surface area (Å²) in [5, 5.41) is 3.04. The van der Waals surface area contributed by atoms with E-state index in [0.29, 0.717) is 13.1 Å². The van der Waals surface area contributed by atoms with Gasteiger partial charge in [0.1, 0.15) is 5.75 Å². The van der Waals surface area contributed by atoms with Gasteiger partial charge in [-0.05, 0) is 48.7 Å². The van der Waals surface area contributed by atoms with Crippen LogP contribution in [0.1, 0.15) is 29.8 Å². The van der Waals surface area contributed by atoms with Gasteiger partial charge in [-0.3, -0.25) is 0 Å². The lowest BCUT2D eigenvalue weighted by molar-refractivity contribution is 0.200. The highest BCUT2D eigenvalue weighted by atomic mass is 35.5. The lowest BCUT2D eigenvalue weighted by Gasteiger charge is -2.28. The van der Waals surface area contributed by atoms with Crippen molar-refractivity contribution in [3.05, 3.63) is 57.3 Å². The predicted molar refractivity (Wildman–Crippen MR) is 103 cm³/mol. The minimum Gasteiger partial charge on any atom is -0.497 e. The first kappa shape index (κ1) is 17.8. The number of ether oxygens (including phenoxy) is 1. The van der Waals surface area contributed by atoms with Crippen LogP contribution < -0.4 is 10.1 Å². The molecule has 1 aliphatic heterocycles. The van der Waals surface area contributed by atoms with E-state index in [1.54, 1.807) is 7.11 Å². The SMILES string of the molecule is COc1ccc(C2=CCN(C(=O)N[C@H](C)c3ccc(Cl)s3)CC2)cc1. The molecule has 0 fully saturated rings. The van der Waals surface area contributed by atoms with Crippen molar-refractivity contribution in [2.24, 2.45) is 0 Å². The van der Waals surface area contributed by atoms with Crippen LogP contribution in [0.3, 0.4) is 0 Å². The van der Waals surface area contributed by atoms with Crippen molar-refractivity contribution in [2.45, 2.75) is 19.4 Å².